The van der Waals surface area contributed by atoms with Crippen molar-refractivity contribution in [2.24, 2.45) is 0 Å². The average molecular weight is 427 g/mol. The summed E-state index contributed by atoms with van der Waals surface area (Å²) < 4.78 is 27.6. The number of nitrogens with zero attached hydrogens (tertiary/aromatic N) is 1. The molecule has 0 radical (unpaired) electrons. The molecule has 1 N–H and O–H groups in total. The van der Waals surface area contributed by atoms with Crippen molar-refractivity contribution in [2.75, 3.05) is 11.4 Å². The molecule has 0 spiro atoms. The SMILES string of the molecule is CC(C)NS(=O)(=O)c1cc(C(=O)N2CCCc3ccccc32)c(Cl)cc1Cl. The largest absolute Gasteiger partial charge is 0.308 e. The minimum atomic E-state index is -3.87. The summed E-state index contributed by atoms with van der Waals surface area (Å²) >= 11 is 12.4. The third kappa shape index (κ3) is 4.14. The van der Waals surface area contributed by atoms with Crippen molar-refractivity contribution in [1.82, 2.24) is 4.72 Å². The van der Waals surface area contributed by atoms with Gasteiger partial charge in [0.25, 0.3) is 5.91 Å². The van der Waals surface area contributed by atoms with Gasteiger partial charge in [0.2, 0.25) is 10.0 Å². The predicted octanol–water partition coefficient (Wildman–Crippen LogP) is 4.27. The Bertz CT molecular complexity index is 990. The summed E-state index contributed by atoms with van der Waals surface area (Å²) in [7, 11) is -3.87. The third-order valence-corrected chi connectivity index (χ3v) is 6.72. The van der Waals surface area contributed by atoms with E-state index in [2.05, 4.69) is 4.72 Å². The maximum Gasteiger partial charge on any atom is 0.259 e. The van der Waals surface area contributed by atoms with Crippen molar-refractivity contribution in [1.29, 1.82) is 0 Å². The summed E-state index contributed by atoms with van der Waals surface area (Å²) in [5, 5.41) is 0.0975. The Morgan fingerprint density at radius 3 is 2.56 bits per heavy atom. The molecule has 1 aliphatic rings. The van der Waals surface area contributed by atoms with Gasteiger partial charge in [0, 0.05) is 18.3 Å². The first-order valence-corrected chi connectivity index (χ1v) is 10.9. The van der Waals surface area contributed by atoms with Gasteiger partial charge in [-0.1, -0.05) is 41.4 Å². The lowest BCUT2D eigenvalue weighted by Gasteiger charge is -2.30. The molecule has 0 saturated carbocycles. The van der Waals surface area contributed by atoms with Crippen LogP contribution in [0.15, 0.2) is 41.3 Å². The topological polar surface area (TPSA) is 66.5 Å². The van der Waals surface area contributed by atoms with E-state index in [-0.39, 0.29) is 32.5 Å². The highest BCUT2D eigenvalue weighted by molar-refractivity contribution is 7.89. The summed E-state index contributed by atoms with van der Waals surface area (Å²) in [5.74, 6) is -0.343. The molecule has 0 fully saturated rings. The van der Waals surface area contributed by atoms with Gasteiger partial charge in [-0.25, -0.2) is 13.1 Å². The second kappa shape index (κ2) is 7.80. The van der Waals surface area contributed by atoms with Gasteiger partial charge >= 0.3 is 0 Å². The van der Waals surface area contributed by atoms with E-state index in [1.807, 2.05) is 24.3 Å². The van der Waals surface area contributed by atoms with E-state index in [1.54, 1.807) is 18.7 Å². The van der Waals surface area contributed by atoms with Crippen molar-refractivity contribution < 1.29 is 13.2 Å². The molecule has 1 aliphatic heterocycles. The van der Waals surface area contributed by atoms with Crippen LogP contribution < -0.4 is 9.62 Å². The number of sulfonamides is 1. The minimum absolute atomic E-state index is 0.0243. The van der Waals surface area contributed by atoms with E-state index < -0.39 is 10.0 Å². The van der Waals surface area contributed by atoms with Crippen LogP contribution in [0.25, 0.3) is 0 Å². The van der Waals surface area contributed by atoms with Crippen molar-refractivity contribution >= 4 is 44.8 Å². The Balaban J connectivity index is 2.05. The lowest BCUT2D eigenvalue weighted by molar-refractivity contribution is 0.0985. The van der Waals surface area contributed by atoms with Gasteiger partial charge in [-0.2, -0.15) is 0 Å². The molecule has 1 heterocycles. The first kappa shape index (κ1) is 20.1. The molecule has 0 aliphatic carbocycles. The highest BCUT2D eigenvalue weighted by Crippen LogP contribution is 2.33. The summed E-state index contributed by atoms with van der Waals surface area (Å²) in [6.07, 6.45) is 1.72. The number of halogens is 2. The van der Waals surface area contributed by atoms with Gasteiger partial charge in [-0.3, -0.25) is 4.79 Å². The maximum absolute atomic E-state index is 13.2. The third-order valence-electron chi connectivity index (χ3n) is 4.29. The van der Waals surface area contributed by atoms with E-state index in [0.717, 1.165) is 24.1 Å². The number of fused-ring (bicyclic) bond motifs is 1. The van der Waals surface area contributed by atoms with Crippen molar-refractivity contribution in [2.45, 2.75) is 37.6 Å². The van der Waals surface area contributed by atoms with E-state index in [0.29, 0.717) is 6.54 Å². The van der Waals surface area contributed by atoms with Crippen LogP contribution in [0.2, 0.25) is 10.0 Å². The quantitative estimate of drug-likeness (QED) is 0.793. The summed E-state index contributed by atoms with van der Waals surface area (Å²) in [6.45, 7) is 3.96. The Hall–Kier alpha value is -1.60. The number of hydrogen-bond acceptors (Lipinski definition) is 3. The van der Waals surface area contributed by atoms with Crippen LogP contribution in [0, 0.1) is 0 Å². The fourth-order valence-corrected chi connectivity index (χ4v) is 5.27. The van der Waals surface area contributed by atoms with Crippen LogP contribution in [0.4, 0.5) is 5.69 Å². The number of hydrogen-bond donors (Lipinski definition) is 1. The van der Waals surface area contributed by atoms with Gasteiger partial charge in [-0.05, 0) is 50.5 Å². The molecule has 8 heteroatoms. The van der Waals surface area contributed by atoms with Crippen LogP contribution in [-0.4, -0.2) is 26.9 Å². The highest BCUT2D eigenvalue weighted by Gasteiger charge is 2.28. The maximum atomic E-state index is 13.2. The molecule has 0 unspecified atom stereocenters. The van der Waals surface area contributed by atoms with Gasteiger partial charge < -0.3 is 4.90 Å². The van der Waals surface area contributed by atoms with Crippen LogP contribution in [0.1, 0.15) is 36.2 Å². The number of carbonyl (C=O) groups excluding carboxylic acids is 1. The molecule has 2 aromatic rings. The smallest absolute Gasteiger partial charge is 0.259 e. The van der Waals surface area contributed by atoms with Gasteiger partial charge in [0.1, 0.15) is 4.90 Å². The van der Waals surface area contributed by atoms with Crippen molar-refractivity contribution in [3.8, 4) is 0 Å². The number of amides is 1. The number of para-hydroxylation sites is 1. The first-order valence-electron chi connectivity index (χ1n) is 8.62. The Morgan fingerprint density at radius 1 is 1.15 bits per heavy atom. The number of rotatable bonds is 4. The summed E-state index contributed by atoms with van der Waals surface area (Å²) in [5.41, 5.74) is 2.02. The number of aryl methyl sites for hydroxylation is 1. The summed E-state index contributed by atoms with van der Waals surface area (Å²) in [6, 6.07) is 9.93. The van der Waals surface area contributed by atoms with E-state index in [1.165, 1.54) is 12.1 Å². The van der Waals surface area contributed by atoms with Gasteiger partial charge in [0.15, 0.2) is 0 Å². The molecule has 5 nitrogen and oxygen atoms in total. The lowest BCUT2D eigenvalue weighted by Crippen LogP contribution is -2.36. The molecule has 0 saturated heterocycles. The zero-order valence-corrected chi connectivity index (χ0v) is 17.3. The van der Waals surface area contributed by atoms with Crippen molar-refractivity contribution in [3.63, 3.8) is 0 Å². The molecule has 3 rings (SSSR count). The zero-order chi connectivity index (χ0) is 19.8. The average Bonchev–Trinajstić information content (AvgIpc) is 2.59. The molecule has 1 amide bonds. The first-order chi connectivity index (χ1) is 12.7. The van der Waals surface area contributed by atoms with E-state index in [9.17, 15) is 13.2 Å². The summed E-state index contributed by atoms with van der Waals surface area (Å²) in [4.78, 5) is 14.7. The molecule has 0 atom stereocenters. The number of nitrogens with one attached hydrogen (secondary N) is 1. The number of anilines is 1. The molecule has 144 valence electrons. The zero-order valence-electron chi connectivity index (χ0n) is 15.0. The van der Waals surface area contributed by atoms with Crippen LogP contribution >= 0.6 is 23.2 Å². The Labute approximate surface area is 169 Å². The van der Waals surface area contributed by atoms with E-state index in [4.69, 9.17) is 23.2 Å². The molecule has 27 heavy (non-hydrogen) atoms. The van der Waals surface area contributed by atoms with Gasteiger partial charge in [0.05, 0.1) is 15.6 Å². The highest BCUT2D eigenvalue weighted by atomic mass is 35.5. The van der Waals surface area contributed by atoms with Gasteiger partial charge in [-0.15, -0.1) is 0 Å². The molecule has 0 bridgehead atoms. The molecular weight excluding hydrogens is 407 g/mol. The molecule has 0 aromatic heterocycles. The monoisotopic (exact) mass is 426 g/mol. The Morgan fingerprint density at radius 2 is 1.85 bits per heavy atom. The van der Waals surface area contributed by atoms with Crippen molar-refractivity contribution in [3.05, 3.63) is 57.6 Å². The predicted molar refractivity (Wildman–Crippen MR) is 108 cm³/mol. The number of carbonyl (C=O) groups is 1. The lowest BCUT2D eigenvalue weighted by atomic mass is 10.0. The second-order valence-corrected chi connectivity index (χ2v) is 9.22. The minimum Gasteiger partial charge on any atom is -0.308 e. The van der Waals surface area contributed by atoms with Crippen LogP contribution in [0.3, 0.4) is 0 Å². The molecular formula is C19H20Cl2N2O3S. The fraction of sp³-hybridized carbons (Fsp3) is 0.316. The Kier molecular flexibility index (Phi) is 5.82. The van der Waals surface area contributed by atoms with Crippen LogP contribution in [-0.2, 0) is 16.4 Å². The van der Waals surface area contributed by atoms with Crippen LogP contribution in [0.5, 0.6) is 0 Å². The second-order valence-electron chi connectivity index (χ2n) is 6.73. The standard InChI is InChI=1S/C19H20Cl2N2O3S/c1-12(2)22-27(25,26)18-10-14(15(20)11-16(18)21)19(24)23-9-5-7-13-6-3-4-8-17(13)23/h3-4,6,8,10-12,22H,5,7,9H2,1-2H3. The molecule has 2 aromatic carbocycles. The normalized spacial score (nSPS) is 14.3. The number of benzene rings is 2. The fourth-order valence-electron chi connectivity index (χ4n) is 3.16. The van der Waals surface area contributed by atoms with E-state index >= 15 is 0 Å².